The van der Waals surface area contributed by atoms with Crippen molar-refractivity contribution in [1.82, 2.24) is 9.55 Å². The Labute approximate surface area is 66.1 Å². The van der Waals surface area contributed by atoms with E-state index in [9.17, 15) is 4.39 Å². The van der Waals surface area contributed by atoms with Crippen LogP contribution in [0.25, 0.3) is 0 Å². The molecule has 0 aliphatic carbocycles. The Morgan fingerprint density at radius 2 is 2.45 bits per heavy atom. The van der Waals surface area contributed by atoms with Crippen molar-refractivity contribution >= 4 is 0 Å². The van der Waals surface area contributed by atoms with Crippen molar-refractivity contribution in [3.63, 3.8) is 0 Å². The molecule has 1 heterocycles. The Hall–Kier alpha value is -0.860. The summed E-state index contributed by atoms with van der Waals surface area (Å²) in [6.45, 7) is 2.22. The molecule has 0 fully saturated rings. The molecule has 1 rings (SSSR count). The number of nitrogens with zero attached hydrogens (tertiary/aromatic N) is 2. The highest BCUT2D eigenvalue weighted by molar-refractivity contribution is 4.96. The Morgan fingerprint density at radius 1 is 1.64 bits per heavy atom. The van der Waals surface area contributed by atoms with Crippen molar-refractivity contribution in [3.8, 4) is 0 Å². The van der Waals surface area contributed by atoms with Gasteiger partial charge in [-0.2, -0.15) is 0 Å². The molecular formula is C8H13FN2. The maximum Gasteiger partial charge on any atom is 0.107 e. The van der Waals surface area contributed by atoms with Crippen LogP contribution in [0.5, 0.6) is 0 Å². The fraction of sp³-hybridized carbons (Fsp3) is 0.625. The van der Waals surface area contributed by atoms with E-state index in [1.165, 1.54) is 0 Å². The van der Waals surface area contributed by atoms with E-state index in [4.69, 9.17) is 0 Å². The molecule has 0 aliphatic rings. The van der Waals surface area contributed by atoms with Gasteiger partial charge < -0.3 is 4.57 Å². The molecule has 1 aromatic rings. The largest absolute Gasteiger partial charge is 0.335 e. The summed E-state index contributed by atoms with van der Waals surface area (Å²) >= 11 is 0. The number of hydrogen-bond acceptors (Lipinski definition) is 1. The van der Waals surface area contributed by atoms with E-state index in [1.807, 2.05) is 6.20 Å². The minimum absolute atomic E-state index is 0.318. The molecule has 0 bridgehead atoms. The van der Waals surface area contributed by atoms with Gasteiger partial charge in [-0.25, -0.2) is 9.37 Å². The number of alkyl halides is 1. The summed E-state index contributed by atoms with van der Waals surface area (Å²) in [6.07, 6.45) is 5.67. The zero-order valence-electron chi connectivity index (χ0n) is 6.76. The average Bonchev–Trinajstić information content (AvgIpc) is 2.38. The maximum absolute atomic E-state index is 11.8. The monoisotopic (exact) mass is 156 g/mol. The average molecular weight is 156 g/mol. The molecule has 0 aromatic carbocycles. The van der Waals surface area contributed by atoms with Gasteiger partial charge in [0.1, 0.15) is 6.67 Å². The molecule has 0 N–H and O–H groups in total. The van der Waals surface area contributed by atoms with Crippen LogP contribution >= 0.6 is 0 Å². The van der Waals surface area contributed by atoms with Crippen LogP contribution in [-0.4, -0.2) is 16.2 Å². The molecule has 11 heavy (non-hydrogen) atoms. The van der Waals surface area contributed by atoms with Crippen LogP contribution in [0.1, 0.15) is 19.0 Å². The highest BCUT2D eigenvalue weighted by atomic mass is 19.1. The topological polar surface area (TPSA) is 17.8 Å². The number of halogens is 1. The van der Waals surface area contributed by atoms with Gasteiger partial charge in [0.15, 0.2) is 0 Å². The summed E-state index contributed by atoms with van der Waals surface area (Å²) in [5.74, 6) is 0. The Morgan fingerprint density at radius 3 is 3.09 bits per heavy atom. The molecule has 3 heteroatoms. The van der Waals surface area contributed by atoms with Gasteiger partial charge in [-0.15, -0.1) is 0 Å². The number of imidazole rings is 1. The van der Waals surface area contributed by atoms with E-state index < -0.39 is 0 Å². The van der Waals surface area contributed by atoms with Gasteiger partial charge >= 0.3 is 0 Å². The summed E-state index contributed by atoms with van der Waals surface area (Å²) in [5.41, 5.74) is 1.06. The standard InChI is InChI=1S/C8H13FN2/c1-2-3-8-6-11(5-4-9)7-10-8/h6-7H,2-5H2,1H3. The van der Waals surface area contributed by atoms with Crippen molar-refractivity contribution in [2.24, 2.45) is 0 Å². The second-order valence-corrected chi connectivity index (χ2v) is 2.54. The predicted molar refractivity (Wildman–Crippen MR) is 42.2 cm³/mol. The normalized spacial score (nSPS) is 10.4. The van der Waals surface area contributed by atoms with E-state index in [0.29, 0.717) is 6.54 Å². The second kappa shape index (κ2) is 4.11. The second-order valence-electron chi connectivity index (χ2n) is 2.54. The Bertz CT molecular complexity index is 187. The summed E-state index contributed by atoms with van der Waals surface area (Å²) < 4.78 is 13.6. The van der Waals surface area contributed by atoms with Gasteiger partial charge in [-0.1, -0.05) is 13.3 Å². The van der Waals surface area contributed by atoms with Gasteiger partial charge in [-0.3, -0.25) is 0 Å². The van der Waals surface area contributed by atoms with Crippen LogP contribution in [0, 0.1) is 0 Å². The first-order valence-corrected chi connectivity index (χ1v) is 3.93. The van der Waals surface area contributed by atoms with Crippen LogP contribution in [0.15, 0.2) is 12.5 Å². The van der Waals surface area contributed by atoms with Crippen molar-refractivity contribution in [1.29, 1.82) is 0 Å². The van der Waals surface area contributed by atoms with Crippen molar-refractivity contribution in [3.05, 3.63) is 18.2 Å². The summed E-state index contributed by atoms with van der Waals surface area (Å²) in [6, 6.07) is 0. The molecule has 0 spiro atoms. The summed E-state index contributed by atoms with van der Waals surface area (Å²) in [7, 11) is 0. The first-order chi connectivity index (χ1) is 5.36. The van der Waals surface area contributed by atoms with Crippen LogP contribution in [-0.2, 0) is 13.0 Å². The highest BCUT2D eigenvalue weighted by Gasteiger charge is 1.95. The molecule has 0 saturated heterocycles. The van der Waals surface area contributed by atoms with Gasteiger partial charge in [0, 0.05) is 6.20 Å². The van der Waals surface area contributed by atoms with E-state index >= 15 is 0 Å². The van der Waals surface area contributed by atoms with E-state index in [-0.39, 0.29) is 6.67 Å². The molecule has 0 atom stereocenters. The third kappa shape index (κ3) is 2.33. The molecule has 1 aromatic heterocycles. The molecular weight excluding hydrogens is 143 g/mol. The van der Waals surface area contributed by atoms with Crippen molar-refractivity contribution in [2.75, 3.05) is 6.67 Å². The van der Waals surface area contributed by atoms with Gasteiger partial charge in [-0.05, 0) is 6.42 Å². The van der Waals surface area contributed by atoms with Crippen LogP contribution in [0.3, 0.4) is 0 Å². The SMILES string of the molecule is CCCc1cn(CCF)cn1. The first-order valence-electron chi connectivity index (χ1n) is 3.93. The lowest BCUT2D eigenvalue weighted by Gasteiger charge is -1.93. The highest BCUT2D eigenvalue weighted by Crippen LogP contribution is 1.99. The van der Waals surface area contributed by atoms with Gasteiger partial charge in [0.25, 0.3) is 0 Å². The minimum atomic E-state index is -0.318. The van der Waals surface area contributed by atoms with Gasteiger partial charge in [0.2, 0.25) is 0 Å². The fourth-order valence-corrected chi connectivity index (χ4v) is 1.01. The fourth-order valence-electron chi connectivity index (χ4n) is 1.01. The number of hydrogen-bond donors (Lipinski definition) is 0. The summed E-state index contributed by atoms with van der Waals surface area (Å²) in [4.78, 5) is 4.12. The first kappa shape index (κ1) is 8.24. The number of aryl methyl sites for hydroxylation is 2. The molecule has 0 radical (unpaired) electrons. The van der Waals surface area contributed by atoms with E-state index in [0.717, 1.165) is 18.5 Å². The van der Waals surface area contributed by atoms with E-state index in [2.05, 4.69) is 11.9 Å². The van der Waals surface area contributed by atoms with Crippen molar-refractivity contribution < 1.29 is 4.39 Å². The zero-order chi connectivity index (χ0) is 8.10. The molecule has 0 amide bonds. The van der Waals surface area contributed by atoms with Crippen LogP contribution in [0.2, 0.25) is 0 Å². The molecule has 2 nitrogen and oxygen atoms in total. The van der Waals surface area contributed by atoms with Crippen molar-refractivity contribution in [2.45, 2.75) is 26.3 Å². The Balaban J connectivity index is 2.51. The van der Waals surface area contributed by atoms with Crippen LogP contribution < -0.4 is 0 Å². The Kier molecular flexibility index (Phi) is 3.08. The summed E-state index contributed by atoms with van der Waals surface area (Å²) in [5, 5.41) is 0. The predicted octanol–water partition coefficient (Wildman–Crippen LogP) is 1.81. The lowest BCUT2D eigenvalue weighted by molar-refractivity contribution is 0.445. The molecule has 0 aliphatic heterocycles. The quantitative estimate of drug-likeness (QED) is 0.650. The van der Waals surface area contributed by atoms with Crippen LogP contribution in [0.4, 0.5) is 4.39 Å². The lowest BCUT2D eigenvalue weighted by Crippen LogP contribution is -1.94. The molecule has 62 valence electrons. The minimum Gasteiger partial charge on any atom is -0.335 e. The number of aromatic nitrogens is 2. The third-order valence-corrected chi connectivity index (χ3v) is 1.54. The molecule has 0 saturated carbocycles. The smallest absolute Gasteiger partial charge is 0.107 e. The van der Waals surface area contributed by atoms with Gasteiger partial charge in [0.05, 0.1) is 18.6 Å². The maximum atomic E-state index is 11.8. The lowest BCUT2D eigenvalue weighted by atomic mass is 10.3. The van der Waals surface area contributed by atoms with E-state index in [1.54, 1.807) is 10.9 Å². The zero-order valence-corrected chi connectivity index (χ0v) is 6.76. The third-order valence-electron chi connectivity index (χ3n) is 1.54. The molecule has 0 unspecified atom stereocenters. The number of rotatable bonds is 4.